The SMILES string of the molecule is CCCCCNC(=O)CC1CSc2nc3c(cnn3C(C)(C)C)c(=O)n21. The van der Waals surface area contributed by atoms with E-state index in [4.69, 9.17) is 0 Å². The van der Waals surface area contributed by atoms with Gasteiger partial charge in [-0.15, -0.1) is 0 Å². The number of fused-ring (bicyclic) bond motifs is 2. The van der Waals surface area contributed by atoms with Crippen LogP contribution in [0.2, 0.25) is 0 Å². The van der Waals surface area contributed by atoms with E-state index >= 15 is 0 Å². The molecule has 1 amide bonds. The van der Waals surface area contributed by atoms with E-state index in [0.29, 0.717) is 34.9 Å². The number of unbranched alkanes of at least 4 members (excludes halogenated alkanes) is 2. The Hall–Kier alpha value is -1.83. The number of hydrogen-bond donors (Lipinski definition) is 1. The number of nitrogens with one attached hydrogen (secondary N) is 1. The van der Waals surface area contributed by atoms with E-state index in [-0.39, 0.29) is 23.0 Å². The lowest BCUT2D eigenvalue weighted by atomic mass is 10.1. The van der Waals surface area contributed by atoms with Crippen LogP contribution in [0.4, 0.5) is 0 Å². The maximum Gasteiger partial charge on any atom is 0.265 e. The Morgan fingerprint density at radius 2 is 2.15 bits per heavy atom. The van der Waals surface area contributed by atoms with Crippen LogP contribution in [0.3, 0.4) is 0 Å². The standard InChI is InChI=1S/C18H27N5O2S/c1-5-6-7-8-19-14(24)9-12-11-26-17-21-15-13(16(25)22(12)17)10-20-23(15)18(2,3)4/h10,12H,5-9,11H2,1-4H3,(H,19,24). The second-order valence-corrected chi connectivity index (χ2v) is 8.75. The summed E-state index contributed by atoms with van der Waals surface area (Å²) in [6.07, 6.45) is 5.14. The van der Waals surface area contributed by atoms with Crippen LogP contribution in [-0.2, 0) is 10.3 Å². The van der Waals surface area contributed by atoms with Crippen molar-refractivity contribution in [3.8, 4) is 0 Å². The highest BCUT2D eigenvalue weighted by Gasteiger charge is 2.30. The van der Waals surface area contributed by atoms with Gasteiger partial charge in [0.25, 0.3) is 5.56 Å². The zero-order valence-electron chi connectivity index (χ0n) is 15.9. The van der Waals surface area contributed by atoms with E-state index in [0.717, 1.165) is 19.3 Å². The van der Waals surface area contributed by atoms with Crippen LogP contribution in [-0.4, -0.2) is 37.5 Å². The van der Waals surface area contributed by atoms with Crippen molar-refractivity contribution in [2.75, 3.05) is 12.3 Å². The number of nitrogens with zero attached hydrogens (tertiary/aromatic N) is 4. The molecule has 1 aliphatic heterocycles. The highest BCUT2D eigenvalue weighted by atomic mass is 32.2. The van der Waals surface area contributed by atoms with Gasteiger partial charge in [0, 0.05) is 18.7 Å². The smallest absolute Gasteiger partial charge is 0.265 e. The first kappa shape index (κ1) is 18.9. The van der Waals surface area contributed by atoms with Gasteiger partial charge in [0.1, 0.15) is 5.39 Å². The average molecular weight is 378 g/mol. The summed E-state index contributed by atoms with van der Waals surface area (Å²) in [5.74, 6) is 0.692. The van der Waals surface area contributed by atoms with E-state index < -0.39 is 0 Å². The van der Waals surface area contributed by atoms with Gasteiger partial charge in [-0.2, -0.15) is 5.10 Å². The summed E-state index contributed by atoms with van der Waals surface area (Å²) in [5, 5.41) is 8.51. The van der Waals surface area contributed by atoms with Gasteiger partial charge < -0.3 is 5.32 Å². The Morgan fingerprint density at radius 1 is 1.38 bits per heavy atom. The quantitative estimate of drug-likeness (QED) is 0.618. The molecule has 1 unspecified atom stereocenters. The monoisotopic (exact) mass is 377 g/mol. The summed E-state index contributed by atoms with van der Waals surface area (Å²) >= 11 is 1.53. The Morgan fingerprint density at radius 3 is 2.85 bits per heavy atom. The molecule has 8 heteroatoms. The molecule has 0 aliphatic carbocycles. The van der Waals surface area contributed by atoms with E-state index in [1.54, 1.807) is 15.4 Å². The van der Waals surface area contributed by atoms with Crippen molar-refractivity contribution in [1.29, 1.82) is 0 Å². The maximum absolute atomic E-state index is 13.0. The van der Waals surface area contributed by atoms with Crippen LogP contribution in [0.5, 0.6) is 0 Å². The lowest BCUT2D eigenvalue weighted by Crippen LogP contribution is -2.31. The van der Waals surface area contributed by atoms with Gasteiger partial charge in [-0.05, 0) is 27.2 Å². The number of amides is 1. The summed E-state index contributed by atoms with van der Waals surface area (Å²) < 4.78 is 3.46. The molecule has 0 fully saturated rings. The zero-order valence-corrected chi connectivity index (χ0v) is 16.7. The molecule has 1 N–H and O–H groups in total. The molecular formula is C18H27N5O2S. The van der Waals surface area contributed by atoms with Crippen molar-refractivity contribution in [1.82, 2.24) is 24.6 Å². The summed E-state index contributed by atoms with van der Waals surface area (Å²) in [7, 11) is 0. The van der Waals surface area contributed by atoms with Gasteiger partial charge in [-0.3, -0.25) is 14.2 Å². The fourth-order valence-electron chi connectivity index (χ4n) is 3.16. The lowest BCUT2D eigenvalue weighted by molar-refractivity contribution is -0.121. The number of aromatic nitrogens is 4. The van der Waals surface area contributed by atoms with Gasteiger partial charge in [-0.1, -0.05) is 31.5 Å². The van der Waals surface area contributed by atoms with Crippen LogP contribution >= 0.6 is 11.8 Å². The Labute approximate surface area is 157 Å². The molecule has 0 aromatic carbocycles. The number of carbonyl (C=O) groups is 1. The van der Waals surface area contributed by atoms with Crippen LogP contribution in [0.15, 0.2) is 16.1 Å². The van der Waals surface area contributed by atoms with Crippen molar-refractivity contribution in [2.24, 2.45) is 0 Å². The van der Waals surface area contributed by atoms with Crippen LogP contribution in [0.1, 0.15) is 59.4 Å². The molecule has 1 aliphatic rings. The van der Waals surface area contributed by atoms with Crippen molar-refractivity contribution < 1.29 is 4.79 Å². The van der Waals surface area contributed by atoms with Crippen molar-refractivity contribution in [3.63, 3.8) is 0 Å². The predicted octanol–water partition coefficient (Wildman–Crippen LogP) is 2.69. The summed E-state index contributed by atoms with van der Waals surface area (Å²) in [6.45, 7) is 8.93. The number of carbonyl (C=O) groups excluding carboxylic acids is 1. The molecule has 0 saturated heterocycles. The first-order valence-corrected chi connectivity index (χ1v) is 10.2. The van der Waals surface area contributed by atoms with E-state index in [1.807, 2.05) is 20.8 Å². The molecular weight excluding hydrogens is 350 g/mol. The van der Waals surface area contributed by atoms with Gasteiger partial charge in [-0.25, -0.2) is 9.67 Å². The fourth-order valence-corrected chi connectivity index (χ4v) is 4.29. The van der Waals surface area contributed by atoms with E-state index in [9.17, 15) is 9.59 Å². The molecule has 0 bridgehead atoms. The highest BCUT2D eigenvalue weighted by Crippen LogP contribution is 2.33. The maximum atomic E-state index is 13.0. The molecule has 142 valence electrons. The molecule has 0 spiro atoms. The minimum atomic E-state index is -0.249. The van der Waals surface area contributed by atoms with Gasteiger partial charge in [0.2, 0.25) is 5.91 Å². The molecule has 1 atom stereocenters. The summed E-state index contributed by atoms with van der Waals surface area (Å²) in [4.78, 5) is 29.9. The van der Waals surface area contributed by atoms with Crippen molar-refractivity contribution >= 4 is 28.7 Å². The molecule has 2 aromatic rings. The lowest BCUT2D eigenvalue weighted by Gasteiger charge is -2.20. The van der Waals surface area contributed by atoms with Crippen LogP contribution < -0.4 is 10.9 Å². The second kappa shape index (κ2) is 7.42. The third kappa shape index (κ3) is 3.65. The predicted molar refractivity (Wildman–Crippen MR) is 104 cm³/mol. The fraction of sp³-hybridized carbons (Fsp3) is 0.667. The van der Waals surface area contributed by atoms with Gasteiger partial charge in [0.15, 0.2) is 10.8 Å². The van der Waals surface area contributed by atoms with Crippen molar-refractivity contribution in [3.05, 3.63) is 16.6 Å². The Balaban J connectivity index is 1.82. The zero-order chi connectivity index (χ0) is 18.9. The minimum absolute atomic E-state index is 0.00284. The third-order valence-corrected chi connectivity index (χ3v) is 5.63. The molecule has 0 radical (unpaired) electrons. The molecule has 7 nitrogen and oxygen atoms in total. The largest absolute Gasteiger partial charge is 0.356 e. The topological polar surface area (TPSA) is 81.8 Å². The molecule has 3 rings (SSSR count). The molecule has 3 heterocycles. The second-order valence-electron chi connectivity index (χ2n) is 7.76. The molecule has 26 heavy (non-hydrogen) atoms. The Bertz CT molecular complexity index is 865. The van der Waals surface area contributed by atoms with E-state index in [2.05, 4.69) is 22.3 Å². The Kier molecular flexibility index (Phi) is 5.41. The number of thioether (sulfide) groups is 1. The van der Waals surface area contributed by atoms with Gasteiger partial charge in [0.05, 0.1) is 17.8 Å². The first-order chi connectivity index (χ1) is 12.3. The summed E-state index contributed by atoms with van der Waals surface area (Å²) in [6, 6.07) is -0.149. The highest BCUT2D eigenvalue weighted by molar-refractivity contribution is 7.99. The summed E-state index contributed by atoms with van der Waals surface area (Å²) in [5.41, 5.74) is 0.265. The minimum Gasteiger partial charge on any atom is -0.356 e. The first-order valence-electron chi connectivity index (χ1n) is 9.23. The van der Waals surface area contributed by atoms with Crippen LogP contribution in [0.25, 0.3) is 11.0 Å². The van der Waals surface area contributed by atoms with Gasteiger partial charge >= 0.3 is 0 Å². The van der Waals surface area contributed by atoms with E-state index in [1.165, 1.54) is 11.8 Å². The number of rotatable bonds is 6. The third-order valence-electron chi connectivity index (χ3n) is 4.53. The number of hydrogen-bond acceptors (Lipinski definition) is 5. The molecule has 0 saturated carbocycles. The normalized spacial score (nSPS) is 16.8. The van der Waals surface area contributed by atoms with Crippen LogP contribution in [0, 0.1) is 0 Å². The molecule has 2 aromatic heterocycles. The van der Waals surface area contributed by atoms with Crippen molar-refractivity contribution in [2.45, 2.75) is 70.1 Å². The average Bonchev–Trinajstić information content (AvgIpc) is 3.16.